The number of nitrogens with one attached hydrogen (secondary N) is 2. The highest BCUT2D eigenvalue weighted by Gasteiger charge is 2.47. The summed E-state index contributed by atoms with van der Waals surface area (Å²) < 4.78 is 12.3. The van der Waals surface area contributed by atoms with Crippen molar-refractivity contribution in [2.75, 3.05) is 14.2 Å². The standard InChI is InChI=1S/C26H25N3O4/c1-17-7-9-20(10-8-17)25(30)27-23-24(19-11-13-21(32-2)14-12-19)29(28-26(23)31)16-18-5-4-6-22(15-18)33-3/h4-16,23-24H,1-3H3,(H-,27,28,30,31)/p+1/b29-16-/t23-,24-/m0/s1. The molecule has 0 saturated carbocycles. The lowest BCUT2D eigenvalue weighted by Gasteiger charge is -2.15. The van der Waals surface area contributed by atoms with Crippen LogP contribution < -0.4 is 20.2 Å². The summed E-state index contributed by atoms with van der Waals surface area (Å²) in [5.41, 5.74) is 6.13. The number of hydrazone groups is 1. The van der Waals surface area contributed by atoms with Gasteiger partial charge in [-0.15, -0.1) is 10.1 Å². The van der Waals surface area contributed by atoms with Crippen molar-refractivity contribution in [2.45, 2.75) is 19.0 Å². The molecule has 168 valence electrons. The Bertz CT molecular complexity index is 1190. The molecule has 0 aliphatic carbocycles. The second-order valence-corrected chi connectivity index (χ2v) is 7.82. The molecule has 7 nitrogen and oxygen atoms in total. The second kappa shape index (κ2) is 9.56. The molecule has 33 heavy (non-hydrogen) atoms. The van der Waals surface area contributed by atoms with Crippen LogP contribution in [0.4, 0.5) is 0 Å². The highest BCUT2D eigenvalue weighted by atomic mass is 16.5. The summed E-state index contributed by atoms with van der Waals surface area (Å²) in [5.74, 6) is 0.811. The van der Waals surface area contributed by atoms with E-state index >= 15 is 0 Å². The molecular formula is C26H26N3O4+. The van der Waals surface area contributed by atoms with Gasteiger partial charge in [0.15, 0.2) is 6.04 Å². The summed E-state index contributed by atoms with van der Waals surface area (Å²) in [6, 6.07) is 20.9. The number of carbonyl (C=O) groups excluding carboxylic acids is 2. The molecule has 3 aromatic carbocycles. The lowest BCUT2D eigenvalue weighted by atomic mass is 9.99. The zero-order valence-corrected chi connectivity index (χ0v) is 18.7. The number of hydrazine groups is 1. The van der Waals surface area contributed by atoms with Crippen LogP contribution in [0.3, 0.4) is 0 Å². The molecule has 0 bridgehead atoms. The average molecular weight is 445 g/mol. The van der Waals surface area contributed by atoms with E-state index in [1.807, 2.05) is 73.8 Å². The SMILES string of the molecule is COc1ccc([C@H]2[C@H](NC(=O)c3ccc(C)cc3)C(=O)N/[N+]2=C\c2cccc(OC)c2)cc1. The van der Waals surface area contributed by atoms with E-state index < -0.39 is 12.1 Å². The Labute approximate surface area is 192 Å². The molecule has 4 rings (SSSR count). The fourth-order valence-electron chi connectivity index (χ4n) is 3.79. The number of hydrogen-bond acceptors (Lipinski definition) is 4. The third-order valence-corrected chi connectivity index (χ3v) is 5.58. The van der Waals surface area contributed by atoms with Gasteiger partial charge >= 0.3 is 5.91 Å². The quantitative estimate of drug-likeness (QED) is 0.573. The van der Waals surface area contributed by atoms with Gasteiger partial charge in [0.05, 0.1) is 14.2 Å². The minimum Gasteiger partial charge on any atom is -0.497 e. The molecule has 1 aliphatic heterocycles. The number of methoxy groups -OCH3 is 2. The topological polar surface area (TPSA) is 79.7 Å². The maximum Gasteiger partial charge on any atom is 0.304 e. The van der Waals surface area contributed by atoms with Crippen molar-refractivity contribution in [1.82, 2.24) is 10.7 Å². The number of carbonyl (C=O) groups is 2. The minimum absolute atomic E-state index is 0.296. The Hall–Kier alpha value is -4.13. The first-order valence-corrected chi connectivity index (χ1v) is 10.6. The van der Waals surface area contributed by atoms with Gasteiger partial charge in [-0.3, -0.25) is 9.59 Å². The molecule has 0 aromatic heterocycles. The zero-order chi connectivity index (χ0) is 23.4. The molecule has 3 aromatic rings. The first-order valence-electron chi connectivity index (χ1n) is 10.6. The van der Waals surface area contributed by atoms with Crippen molar-refractivity contribution < 1.29 is 23.7 Å². The number of aryl methyl sites for hydroxylation is 1. The number of nitrogens with zero attached hydrogens (tertiary/aromatic N) is 1. The van der Waals surface area contributed by atoms with E-state index in [0.29, 0.717) is 17.1 Å². The van der Waals surface area contributed by atoms with Crippen LogP contribution in [0.15, 0.2) is 72.8 Å². The fraction of sp³-hybridized carbons (Fsp3) is 0.192. The lowest BCUT2D eigenvalue weighted by molar-refractivity contribution is -0.596. The lowest BCUT2D eigenvalue weighted by Crippen LogP contribution is -2.42. The molecule has 0 spiro atoms. The Morgan fingerprint density at radius 2 is 1.67 bits per heavy atom. The largest absolute Gasteiger partial charge is 0.497 e. The van der Waals surface area contributed by atoms with Gasteiger partial charge in [-0.2, -0.15) is 0 Å². The van der Waals surface area contributed by atoms with E-state index in [1.54, 1.807) is 31.0 Å². The predicted octanol–water partition coefficient (Wildman–Crippen LogP) is 3.03. The molecular weight excluding hydrogens is 418 g/mol. The maximum atomic E-state index is 13.0. The second-order valence-electron chi connectivity index (χ2n) is 7.82. The smallest absolute Gasteiger partial charge is 0.304 e. The number of rotatable bonds is 6. The summed E-state index contributed by atoms with van der Waals surface area (Å²) in [6.45, 7) is 1.96. The molecule has 1 aliphatic rings. The van der Waals surface area contributed by atoms with Gasteiger partial charge in [0, 0.05) is 16.7 Å². The van der Waals surface area contributed by atoms with Crippen LogP contribution in [0.25, 0.3) is 0 Å². The number of ether oxygens (including phenoxy) is 2. The molecule has 2 amide bonds. The molecule has 1 heterocycles. The predicted molar refractivity (Wildman–Crippen MR) is 125 cm³/mol. The van der Waals surface area contributed by atoms with Gasteiger partial charge in [-0.05, 0) is 61.5 Å². The molecule has 2 N–H and O–H groups in total. The van der Waals surface area contributed by atoms with Crippen LogP contribution >= 0.6 is 0 Å². The molecule has 7 heteroatoms. The van der Waals surface area contributed by atoms with Crippen molar-refractivity contribution in [3.63, 3.8) is 0 Å². The fourth-order valence-corrected chi connectivity index (χ4v) is 3.79. The number of benzene rings is 3. The Morgan fingerprint density at radius 1 is 0.970 bits per heavy atom. The van der Waals surface area contributed by atoms with E-state index in [2.05, 4.69) is 10.7 Å². The third-order valence-electron chi connectivity index (χ3n) is 5.58. The third kappa shape index (κ3) is 4.87. The van der Waals surface area contributed by atoms with Crippen molar-refractivity contribution in [3.8, 4) is 11.5 Å². The highest BCUT2D eigenvalue weighted by Crippen LogP contribution is 2.27. The van der Waals surface area contributed by atoms with Crippen molar-refractivity contribution >= 4 is 18.0 Å². The summed E-state index contributed by atoms with van der Waals surface area (Å²) in [6.07, 6.45) is 1.83. The van der Waals surface area contributed by atoms with Gasteiger partial charge in [0.1, 0.15) is 11.5 Å². The molecule has 0 unspecified atom stereocenters. The average Bonchev–Trinajstić information content (AvgIpc) is 3.13. The summed E-state index contributed by atoms with van der Waals surface area (Å²) in [4.78, 5) is 25.9. The van der Waals surface area contributed by atoms with Crippen molar-refractivity contribution in [3.05, 3.63) is 95.1 Å². The van der Waals surface area contributed by atoms with E-state index in [1.165, 1.54) is 0 Å². The van der Waals surface area contributed by atoms with Gasteiger partial charge < -0.3 is 14.8 Å². The number of amides is 2. The summed E-state index contributed by atoms with van der Waals surface area (Å²) in [7, 11) is 3.21. The molecule has 1 saturated heterocycles. The maximum absolute atomic E-state index is 13.0. The van der Waals surface area contributed by atoms with Crippen molar-refractivity contribution in [2.24, 2.45) is 0 Å². The molecule has 2 atom stereocenters. The monoisotopic (exact) mass is 444 g/mol. The van der Waals surface area contributed by atoms with Crippen molar-refractivity contribution in [1.29, 1.82) is 0 Å². The van der Waals surface area contributed by atoms with Crippen LogP contribution in [0.2, 0.25) is 0 Å². The number of hydrogen-bond donors (Lipinski definition) is 2. The van der Waals surface area contributed by atoms with E-state index in [9.17, 15) is 9.59 Å². The van der Waals surface area contributed by atoms with Gasteiger partial charge in [0.25, 0.3) is 5.91 Å². The van der Waals surface area contributed by atoms with Gasteiger partial charge in [-0.1, -0.05) is 23.8 Å². The summed E-state index contributed by atoms with van der Waals surface area (Å²) >= 11 is 0. The Morgan fingerprint density at radius 3 is 2.33 bits per heavy atom. The minimum atomic E-state index is -0.797. The van der Waals surface area contributed by atoms with Crippen LogP contribution in [0.5, 0.6) is 11.5 Å². The van der Waals surface area contributed by atoms with E-state index in [4.69, 9.17) is 9.47 Å². The van der Waals surface area contributed by atoms with E-state index in [0.717, 1.165) is 16.7 Å². The molecule has 0 radical (unpaired) electrons. The van der Waals surface area contributed by atoms with E-state index in [-0.39, 0.29) is 11.8 Å². The van der Waals surface area contributed by atoms with Gasteiger partial charge in [0.2, 0.25) is 12.3 Å². The van der Waals surface area contributed by atoms with Gasteiger partial charge in [-0.25, -0.2) is 0 Å². The van der Waals surface area contributed by atoms with Crippen LogP contribution in [-0.2, 0) is 4.79 Å². The van der Waals surface area contributed by atoms with Crippen LogP contribution in [0.1, 0.15) is 33.1 Å². The Balaban J connectivity index is 1.70. The molecule has 1 fully saturated rings. The van der Waals surface area contributed by atoms with Crippen LogP contribution in [-0.4, -0.2) is 43.0 Å². The summed E-state index contributed by atoms with van der Waals surface area (Å²) in [5, 5.41) is 2.91. The highest BCUT2D eigenvalue weighted by molar-refractivity contribution is 5.98. The Kier molecular flexibility index (Phi) is 6.40. The zero-order valence-electron chi connectivity index (χ0n) is 18.7. The van der Waals surface area contributed by atoms with Crippen LogP contribution in [0, 0.1) is 6.92 Å². The first-order chi connectivity index (χ1) is 16.0. The normalized spacial score (nSPS) is 18.6. The first kappa shape index (κ1) is 22.1.